The Morgan fingerprint density at radius 3 is 1.93 bits per heavy atom. The van der Waals surface area contributed by atoms with E-state index in [0.717, 1.165) is 17.4 Å². The van der Waals surface area contributed by atoms with Crippen LogP contribution in [0.3, 0.4) is 0 Å². The molecule has 2 unspecified atom stereocenters. The van der Waals surface area contributed by atoms with Gasteiger partial charge in [-0.1, -0.05) is 48.5 Å². The maximum absolute atomic E-state index is 13.0. The van der Waals surface area contributed by atoms with Gasteiger partial charge in [-0.05, 0) is 16.8 Å². The van der Waals surface area contributed by atoms with Crippen molar-refractivity contribution in [3.8, 4) is 0 Å². The molecule has 3 aromatic rings. The topological polar surface area (TPSA) is 127 Å². The predicted octanol–water partition coefficient (Wildman–Crippen LogP) is 3.72. The number of phosphoric acid groups is 1. The summed E-state index contributed by atoms with van der Waals surface area (Å²) in [5.41, 5.74) is 0. The molecule has 0 aliphatic carbocycles. The average molecular weight is 444 g/mol. The fraction of sp³-hybridized carbons (Fsp3) is 0.176. The largest absolute Gasteiger partial charge is 0.479 e. The lowest BCUT2D eigenvalue weighted by Gasteiger charge is -2.15. The molecule has 0 aromatic heterocycles. The third kappa shape index (κ3) is 4.88. The van der Waals surface area contributed by atoms with E-state index >= 15 is 0 Å². The summed E-state index contributed by atoms with van der Waals surface area (Å²) in [6, 6.07) is 15.9. The summed E-state index contributed by atoms with van der Waals surface area (Å²) in [5, 5.41) is 2.53. The predicted molar refractivity (Wildman–Crippen MR) is 106 cm³/mol. The zero-order valence-electron chi connectivity index (χ0n) is 14.8. The summed E-state index contributed by atoms with van der Waals surface area (Å²) in [7, 11) is -13.1. The number of phosphoric ester groups is 1. The molecule has 3 aromatic carbocycles. The van der Waals surface area contributed by atoms with Crippen LogP contribution in [0.4, 0.5) is 0 Å². The third-order valence-corrected chi connectivity index (χ3v) is 8.21. The van der Waals surface area contributed by atoms with Crippen LogP contribution in [0.25, 0.3) is 21.5 Å². The SMILES string of the molecule is CP(=O)(O)OP(=O)(O)OCCS(=O)(=O)c1c2ccccc2cc2ccccc12. The van der Waals surface area contributed by atoms with Gasteiger partial charge in [-0.3, -0.25) is 9.09 Å². The summed E-state index contributed by atoms with van der Waals surface area (Å²) in [5.74, 6) is -0.613. The molecule has 0 spiro atoms. The lowest BCUT2D eigenvalue weighted by atomic mass is 10.0. The number of hydrogen-bond acceptors (Lipinski definition) is 6. The van der Waals surface area contributed by atoms with Crippen LogP contribution >= 0.6 is 15.4 Å². The Labute approximate surface area is 161 Å². The Kier molecular flexibility index (Phi) is 5.81. The molecule has 0 fully saturated rings. The van der Waals surface area contributed by atoms with E-state index in [4.69, 9.17) is 4.89 Å². The second-order valence-corrected chi connectivity index (χ2v) is 11.7. The van der Waals surface area contributed by atoms with E-state index < -0.39 is 37.6 Å². The quantitative estimate of drug-likeness (QED) is 0.417. The summed E-state index contributed by atoms with van der Waals surface area (Å²) < 4.78 is 57.5. The van der Waals surface area contributed by atoms with Crippen LogP contribution in [0.1, 0.15) is 0 Å². The normalized spacial score (nSPS) is 16.7. The van der Waals surface area contributed by atoms with E-state index in [0.29, 0.717) is 10.8 Å². The molecule has 0 aliphatic heterocycles. The Balaban J connectivity index is 1.96. The molecule has 0 radical (unpaired) electrons. The monoisotopic (exact) mass is 444 g/mol. The minimum absolute atomic E-state index is 0.0989. The molecular formula is C17H18O8P2S. The van der Waals surface area contributed by atoms with E-state index in [-0.39, 0.29) is 4.90 Å². The molecule has 0 heterocycles. The van der Waals surface area contributed by atoms with Gasteiger partial charge in [0, 0.05) is 17.4 Å². The van der Waals surface area contributed by atoms with Crippen LogP contribution in [-0.4, -0.2) is 37.2 Å². The number of fused-ring (bicyclic) bond motifs is 2. The van der Waals surface area contributed by atoms with Gasteiger partial charge in [0.15, 0.2) is 9.84 Å². The van der Waals surface area contributed by atoms with Crippen molar-refractivity contribution in [2.75, 3.05) is 19.0 Å². The van der Waals surface area contributed by atoms with Gasteiger partial charge in [-0.2, -0.15) is 0 Å². The van der Waals surface area contributed by atoms with Gasteiger partial charge in [-0.25, -0.2) is 17.3 Å². The van der Waals surface area contributed by atoms with Gasteiger partial charge < -0.3 is 9.79 Å². The molecule has 3 rings (SSSR count). The second kappa shape index (κ2) is 7.69. The standard InChI is InChI=1S/C17H18O8P2S/c1-26(18,19)25-27(20,21)24-10-11-28(22,23)17-15-8-4-2-6-13(15)12-14-7-3-5-9-16(14)17/h2-9,12H,10-11H2,1H3,(H,18,19)(H,20,21). The van der Waals surface area contributed by atoms with Crippen molar-refractivity contribution in [1.29, 1.82) is 0 Å². The summed E-state index contributed by atoms with van der Waals surface area (Å²) in [4.78, 5) is 18.6. The van der Waals surface area contributed by atoms with Crippen LogP contribution < -0.4 is 0 Å². The Morgan fingerprint density at radius 2 is 1.43 bits per heavy atom. The molecule has 28 heavy (non-hydrogen) atoms. The molecule has 0 bridgehead atoms. The zero-order chi connectivity index (χ0) is 20.6. The minimum atomic E-state index is -4.87. The lowest BCUT2D eigenvalue weighted by Crippen LogP contribution is -2.13. The van der Waals surface area contributed by atoms with E-state index in [1.165, 1.54) is 0 Å². The first-order valence-electron chi connectivity index (χ1n) is 8.11. The first-order chi connectivity index (χ1) is 13.0. The molecule has 11 heteroatoms. The molecule has 2 N–H and O–H groups in total. The van der Waals surface area contributed by atoms with Gasteiger partial charge in [0.1, 0.15) is 0 Å². The second-order valence-electron chi connectivity index (χ2n) is 6.15. The average Bonchev–Trinajstić information content (AvgIpc) is 2.56. The van der Waals surface area contributed by atoms with Crippen molar-refractivity contribution >= 4 is 46.8 Å². The van der Waals surface area contributed by atoms with E-state index in [1.54, 1.807) is 48.5 Å². The molecule has 0 saturated carbocycles. The van der Waals surface area contributed by atoms with Crippen molar-refractivity contribution in [3.63, 3.8) is 0 Å². The van der Waals surface area contributed by atoms with Gasteiger partial charge >= 0.3 is 15.4 Å². The van der Waals surface area contributed by atoms with E-state index in [9.17, 15) is 22.4 Å². The first-order valence-corrected chi connectivity index (χ1v) is 13.3. The molecule has 0 saturated heterocycles. The van der Waals surface area contributed by atoms with Crippen molar-refractivity contribution in [2.45, 2.75) is 4.90 Å². The van der Waals surface area contributed by atoms with Gasteiger partial charge in [0.25, 0.3) is 0 Å². The zero-order valence-corrected chi connectivity index (χ0v) is 17.4. The molecule has 2 atom stereocenters. The maximum atomic E-state index is 13.0. The fourth-order valence-corrected chi connectivity index (χ4v) is 6.60. The van der Waals surface area contributed by atoms with E-state index in [2.05, 4.69) is 8.83 Å². The van der Waals surface area contributed by atoms with Crippen molar-refractivity contribution in [2.24, 2.45) is 0 Å². The van der Waals surface area contributed by atoms with Crippen LogP contribution in [0.5, 0.6) is 0 Å². The van der Waals surface area contributed by atoms with Crippen molar-refractivity contribution in [3.05, 3.63) is 54.6 Å². The van der Waals surface area contributed by atoms with E-state index in [1.807, 2.05) is 6.07 Å². The first kappa shape index (κ1) is 21.1. The Morgan fingerprint density at radius 1 is 0.929 bits per heavy atom. The molecule has 8 nitrogen and oxygen atoms in total. The highest BCUT2D eigenvalue weighted by molar-refractivity contribution is 7.92. The highest BCUT2D eigenvalue weighted by atomic mass is 32.2. The van der Waals surface area contributed by atoms with Crippen LogP contribution in [0, 0.1) is 0 Å². The van der Waals surface area contributed by atoms with Crippen LogP contribution in [-0.2, 0) is 27.8 Å². The Hall–Kier alpha value is -1.57. The number of rotatable bonds is 7. The highest BCUT2D eigenvalue weighted by Crippen LogP contribution is 2.57. The van der Waals surface area contributed by atoms with Gasteiger partial charge in [0.2, 0.25) is 0 Å². The summed E-state index contributed by atoms with van der Waals surface area (Å²) >= 11 is 0. The van der Waals surface area contributed by atoms with Crippen LogP contribution in [0.15, 0.2) is 59.5 Å². The number of hydrogen-bond donors (Lipinski definition) is 2. The summed E-state index contributed by atoms with van der Waals surface area (Å²) in [6.07, 6.45) is 0. The smallest absolute Gasteiger partial charge is 0.324 e. The van der Waals surface area contributed by atoms with Crippen LogP contribution in [0.2, 0.25) is 0 Å². The number of benzene rings is 3. The fourth-order valence-electron chi connectivity index (χ4n) is 2.89. The van der Waals surface area contributed by atoms with Crippen molar-refractivity contribution < 1.29 is 36.2 Å². The lowest BCUT2D eigenvalue weighted by molar-refractivity contribution is 0.206. The number of sulfone groups is 1. The Bertz CT molecular complexity index is 1180. The van der Waals surface area contributed by atoms with Gasteiger partial charge in [-0.15, -0.1) is 0 Å². The minimum Gasteiger partial charge on any atom is -0.324 e. The third-order valence-electron chi connectivity index (χ3n) is 3.89. The molecule has 150 valence electrons. The van der Waals surface area contributed by atoms with Gasteiger partial charge in [0.05, 0.1) is 17.3 Å². The molecule has 0 aliphatic rings. The molecule has 0 amide bonds. The van der Waals surface area contributed by atoms with Crippen molar-refractivity contribution in [1.82, 2.24) is 0 Å². The molecular weight excluding hydrogens is 426 g/mol. The maximum Gasteiger partial charge on any atom is 0.479 e. The highest BCUT2D eigenvalue weighted by Gasteiger charge is 2.31. The summed E-state index contributed by atoms with van der Waals surface area (Å²) in [6.45, 7) is 0.0336.